The Morgan fingerprint density at radius 1 is 1.24 bits per heavy atom. The molecule has 1 aromatic carbocycles. The summed E-state index contributed by atoms with van der Waals surface area (Å²) in [6.07, 6.45) is 0.348. The first-order valence-electron chi connectivity index (χ1n) is 7.87. The molecule has 1 aromatic rings. The summed E-state index contributed by atoms with van der Waals surface area (Å²) in [5, 5.41) is 9.01. The van der Waals surface area contributed by atoms with Gasteiger partial charge >= 0.3 is 18.0 Å². The number of carboxylic acid groups (broad SMARTS) is 1. The Morgan fingerprint density at radius 3 is 2.52 bits per heavy atom. The highest BCUT2D eigenvalue weighted by molar-refractivity contribution is 5.99. The number of likely N-dealkylation sites (tertiary alicyclic amines) is 1. The Bertz CT molecular complexity index is 668. The molecule has 2 amide bonds. The molecule has 8 heteroatoms. The third-order valence-electron chi connectivity index (χ3n) is 3.71. The van der Waals surface area contributed by atoms with Crippen LogP contribution in [0.25, 0.3) is 0 Å². The number of amides is 2. The maximum Gasteiger partial charge on any atom is 0.417 e. The second-order valence-electron chi connectivity index (χ2n) is 5.61. The molecule has 1 saturated heterocycles. The van der Waals surface area contributed by atoms with Gasteiger partial charge in [0.05, 0.1) is 6.61 Å². The fourth-order valence-electron chi connectivity index (χ4n) is 2.54. The molecule has 8 nitrogen and oxygen atoms in total. The molecule has 134 valence electrons. The smallest absolute Gasteiger partial charge is 0.417 e. The van der Waals surface area contributed by atoms with E-state index in [4.69, 9.17) is 14.6 Å². The second-order valence-corrected chi connectivity index (χ2v) is 5.61. The number of rotatable bonds is 6. The number of aryl methyl sites for hydroxylation is 1. The van der Waals surface area contributed by atoms with Crippen LogP contribution in [0.5, 0.6) is 5.75 Å². The molecular formula is C17H19NO7. The minimum atomic E-state index is -1.21. The molecule has 1 atom stereocenters. The van der Waals surface area contributed by atoms with Crippen LogP contribution in [0.15, 0.2) is 24.3 Å². The molecule has 1 aliphatic heterocycles. The zero-order chi connectivity index (χ0) is 18.4. The van der Waals surface area contributed by atoms with Gasteiger partial charge in [0, 0.05) is 13.3 Å². The van der Waals surface area contributed by atoms with E-state index >= 15 is 0 Å². The van der Waals surface area contributed by atoms with E-state index in [1.165, 1.54) is 6.92 Å². The van der Waals surface area contributed by atoms with Crippen molar-refractivity contribution in [3.05, 3.63) is 29.8 Å². The molecule has 1 aliphatic rings. The largest absolute Gasteiger partial charge is 0.480 e. The summed E-state index contributed by atoms with van der Waals surface area (Å²) in [6.45, 7) is 1.39. The maximum atomic E-state index is 11.9. The van der Waals surface area contributed by atoms with Gasteiger partial charge in [0.25, 0.3) is 0 Å². The average Bonchev–Trinajstić information content (AvgIpc) is 2.94. The van der Waals surface area contributed by atoms with E-state index in [1.54, 1.807) is 24.3 Å². The number of nitrogens with zero attached hydrogens (tertiary/aromatic N) is 1. The normalized spacial score (nSPS) is 16.6. The van der Waals surface area contributed by atoms with Crippen molar-refractivity contribution in [1.29, 1.82) is 0 Å². The monoisotopic (exact) mass is 349 g/mol. The van der Waals surface area contributed by atoms with Crippen LogP contribution in [-0.2, 0) is 25.5 Å². The molecule has 1 heterocycles. The average molecular weight is 349 g/mol. The molecule has 0 aromatic heterocycles. The van der Waals surface area contributed by atoms with Crippen molar-refractivity contribution in [2.75, 3.05) is 6.61 Å². The first-order valence-corrected chi connectivity index (χ1v) is 7.87. The number of carboxylic acids is 1. The molecule has 1 unspecified atom stereocenters. The minimum absolute atomic E-state index is 0.0285. The summed E-state index contributed by atoms with van der Waals surface area (Å²) in [4.78, 5) is 46.1. The summed E-state index contributed by atoms with van der Waals surface area (Å²) < 4.78 is 9.94. The van der Waals surface area contributed by atoms with Crippen LogP contribution in [0.1, 0.15) is 31.7 Å². The Morgan fingerprint density at radius 2 is 1.92 bits per heavy atom. The molecule has 0 saturated carbocycles. The van der Waals surface area contributed by atoms with Gasteiger partial charge in [-0.25, -0.2) is 14.5 Å². The van der Waals surface area contributed by atoms with Crippen LogP contribution >= 0.6 is 0 Å². The van der Waals surface area contributed by atoms with Crippen molar-refractivity contribution >= 4 is 23.9 Å². The van der Waals surface area contributed by atoms with Gasteiger partial charge in [0.1, 0.15) is 11.8 Å². The highest BCUT2D eigenvalue weighted by Crippen LogP contribution is 2.20. The van der Waals surface area contributed by atoms with Gasteiger partial charge in [-0.15, -0.1) is 0 Å². The van der Waals surface area contributed by atoms with Crippen LogP contribution in [0.4, 0.5) is 4.79 Å². The van der Waals surface area contributed by atoms with E-state index in [1.807, 2.05) is 0 Å². The highest BCUT2D eigenvalue weighted by atomic mass is 16.6. The summed E-state index contributed by atoms with van der Waals surface area (Å²) in [5.74, 6) is -1.68. The van der Waals surface area contributed by atoms with Crippen molar-refractivity contribution in [2.24, 2.45) is 0 Å². The number of esters is 1. The van der Waals surface area contributed by atoms with Crippen molar-refractivity contribution in [1.82, 2.24) is 4.90 Å². The minimum Gasteiger partial charge on any atom is -0.480 e. The topological polar surface area (TPSA) is 110 Å². The van der Waals surface area contributed by atoms with Gasteiger partial charge < -0.3 is 14.6 Å². The molecule has 1 fully saturated rings. The predicted molar refractivity (Wildman–Crippen MR) is 84.9 cm³/mol. The standard InChI is InChI=1S/C17H19NO7/c1-11(19)25-13-6-4-12(5-7-13)3-2-10-24-17(23)18-14(16(21)22)8-9-15(18)20/h4-7,14H,2-3,8-10H2,1H3,(H,21,22). The number of imide groups is 1. The highest BCUT2D eigenvalue weighted by Gasteiger charge is 2.41. The number of hydrogen-bond acceptors (Lipinski definition) is 6. The number of ether oxygens (including phenoxy) is 2. The van der Waals surface area contributed by atoms with Crippen LogP contribution in [0.2, 0.25) is 0 Å². The molecule has 0 aliphatic carbocycles. The zero-order valence-electron chi connectivity index (χ0n) is 13.8. The fourth-order valence-corrected chi connectivity index (χ4v) is 2.54. The van der Waals surface area contributed by atoms with Gasteiger partial charge in [0.2, 0.25) is 5.91 Å². The molecule has 1 N–H and O–H groups in total. The molecule has 0 radical (unpaired) electrons. The molecule has 0 spiro atoms. The Balaban J connectivity index is 1.77. The van der Waals surface area contributed by atoms with E-state index in [9.17, 15) is 19.2 Å². The lowest BCUT2D eigenvalue weighted by Gasteiger charge is -2.18. The van der Waals surface area contributed by atoms with Crippen LogP contribution < -0.4 is 4.74 Å². The predicted octanol–water partition coefficient (Wildman–Crippen LogP) is 1.76. The van der Waals surface area contributed by atoms with Crippen molar-refractivity contribution in [3.8, 4) is 5.75 Å². The fraction of sp³-hybridized carbons (Fsp3) is 0.412. The second kappa shape index (κ2) is 8.27. The molecule has 0 bridgehead atoms. The zero-order valence-corrected chi connectivity index (χ0v) is 13.8. The van der Waals surface area contributed by atoms with Gasteiger partial charge in [-0.3, -0.25) is 9.59 Å². The molecule has 25 heavy (non-hydrogen) atoms. The first-order chi connectivity index (χ1) is 11.9. The summed E-state index contributed by atoms with van der Waals surface area (Å²) in [7, 11) is 0. The van der Waals surface area contributed by atoms with E-state index in [0.717, 1.165) is 5.56 Å². The van der Waals surface area contributed by atoms with Crippen molar-refractivity contribution in [3.63, 3.8) is 0 Å². The Labute approximate surface area is 144 Å². The Hall–Kier alpha value is -2.90. The maximum absolute atomic E-state index is 11.9. The van der Waals surface area contributed by atoms with E-state index < -0.39 is 30.0 Å². The summed E-state index contributed by atoms with van der Waals surface area (Å²) in [5.41, 5.74) is 0.965. The van der Waals surface area contributed by atoms with E-state index in [-0.39, 0.29) is 19.4 Å². The Kier molecular flexibility index (Phi) is 6.10. The summed E-state index contributed by atoms with van der Waals surface area (Å²) in [6, 6.07) is 5.79. The van der Waals surface area contributed by atoms with Crippen LogP contribution in [0.3, 0.4) is 0 Å². The number of carbonyl (C=O) groups excluding carboxylic acids is 3. The summed E-state index contributed by atoms with van der Waals surface area (Å²) >= 11 is 0. The van der Waals surface area contributed by atoms with Gasteiger partial charge in [-0.2, -0.15) is 0 Å². The van der Waals surface area contributed by atoms with E-state index in [0.29, 0.717) is 23.5 Å². The first kappa shape index (κ1) is 18.4. The number of hydrogen-bond donors (Lipinski definition) is 1. The molecule has 2 rings (SSSR count). The van der Waals surface area contributed by atoms with Crippen LogP contribution in [-0.4, -0.2) is 46.6 Å². The van der Waals surface area contributed by atoms with Gasteiger partial charge in [-0.1, -0.05) is 12.1 Å². The lowest BCUT2D eigenvalue weighted by molar-refractivity contribution is -0.145. The SMILES string of the molecule is CC(=O)Oc1ccc(CCCOC(=O)N2C(=O)CCC2C(=O)O)cc1. The van der Waals surface area contributed by atoms with Crippen molar-refractivity contribution < 1.29 is 33.8 Å². The van der Waals surface area contributed by atoms with Gasteiger partial charge in [-0.05, 0) is 37.0 Å². The number of carbonyl (C=O) groups is 4. The number of benzene rings is 1. The number of aliphatic carboxylic acids is 1. The van der Waals surface area contributed by atoms with E-state index in [2.05, 4.69) is 0 Å². The third kappa shape index (κ3) is 5.03. The lowest BCUT2D eigenvalue weighted by Crippen LogP contribution is -2.43. The van der Waals surface area contributed by atoms with Gasteiger partial charge in [0.15, 0.2) is 0 Å². The third-order valence-corrected chi connectivity index (χ3v) is 3.71. The lowest BCUT2D eigenvalue weighted by atomic mass is 10.1. The quantitative estimate of drug-likeness (QED) is 0.473. The van der Waals surface area contributed by atoms with Crippen molar-refractivity contribution in [2.45, 2.75) is 38.6 Å². The van der Waals surface area contributed by atoms with Crippen LogP contribution in [0, 0.1) is 0 Å². The molecular weight excluding hydrogens is 330 g/mol.